The van der Waals surface area contributed by atoms with Gasteiger partial charge in [0.05, 0.1) is 11.0 Å². The summed E-state index contributed by atoms with van der Waals surface area (Å²) in [7, 11) is -4.14. The van der Waals surface area contributed by atoms with Gasteiger partial charge in [0.1, 0.15) is 23.1 Å². The maximum absolute atomic E-state index is 13.3. The van der Waals surface area contributed by atoms with Crippen LogP contribution in [0.2, 0.25) is 0 Å². The molecule has 0 amide bonds. The maximum Gasteiger partial charge on any atom is 0.207 e. The first-order valence-corrected chi connectivity index (χ1v) is 8.77. The normalized spacial score (nSPS) is 16.9. The number of aliphatic hydroxyl groups excluding tert-OH is 1. The van der Waals surface area contributed by atoms with E-state index in [4.69, 9.17) is 4.74 Å². The Morgan fingerprint density at radius 1 is 1.25 bits per heavy atom. The molecule has 2 aromatic carbocycles. The molecular weight excluding hydrogens is 342 g/mol. The molecule has 2 N–H and O–H groups in total. The number of ether oxygens (including phenoxy) is 1. The van der Waals surface area contributed by atoms with Gasteiger partial charge in [-0.1, -0.05) is 0 Å². The lowest BCUT2D eigenvalue weighted by Crippen LogP contribution is -2.09. The van der Waals surface area contributed by atoms with Crippen molar-refractivity contribution < 1.29 is 32.1 Å². The Kier molecular flexibility index (Phi) is 4.18. The molecule has 0 fully saturated rings. The molecule has 0 saturated heterocycles. The van der Waals surface area contributed by atoms with Crippen LogP contribution in [0.5, 0.6) is 17.2 Å². The van der Waals surface area contributed by atoms with Gasteiger partial charge in [-0.3, -0.25) is 0 Å². The average Bonchev–Trinajstić information content (AvgIpc) is 2.89. The minimum absolute atomic E-state index is 0.0252. The lowest BCUT2D eigenvalue weighted by atomic mass is 10.1. The van der Waals surface area contributed by atoms with Gasteiger partial charge in [0.15, 0.2) is 6.01 Å². The van der Waals surface area contributed by atoms with Gasteiger partial charge in [0.25, 0.3) is 0 Å². The molecule has 1 aliphatic carbocycles. The third-order valence-corrected chi connectivity index (χ3v) is 5.15. The van der Waals surface area contributed by atoms with Crippen molar-refractivity contribution in [2.24, 2.45) is 0 Å². The van der Waals surface area contributed by atoms with Gasteiger partial charge in [-0.05, 0) is 25.0 Å². The fourth-order valence-corrected chi connectivity index (χ4v) is 3.82. The smallest absolute Gasteiger partial charge is 0.207 e. The SMILES string of the molecule is O=S(=O)(CF)c1ccc(Oc2cc(O)cc(F)c2)c2c1C(O)CC2. The molecule has 0 saturated carbocycles. The minimum atomic E-state index is -4.14. The van der Waals surface area contributed by atoms with Crippen LogP contribution in [0.15, 0.2) is 35.2 Å². The van der Waals surface area contributed by atoms with Gasteiger partial charge < -0.3 is 14.9 Å². The van der Waals surface area contributed by atoms with Gasteiger partial charge in [-0.15, -0.1) is 0 Å². The van der Waals surface area contributed by atoms with Gasteiger partial charge in [-0.2, -0.15) is 0 Å². The Hall–Kier alpha value is -2.19. The summed E-state index contributed by atoms with van der Waals surface area (Å²) in [6, 6.07) is 4.11. The highest BCUT2D eigenvalue weighted by Crippen LogP contribution is 2.42. The van der Waals surface area contributed by atoms with Crippen LogP contribution in [-0.4, -0.2) is 24.6 Å². The number of alkyl halides is 1. The Balaban J connectivity index is 2.08. The second-order valence-corrected chi connectivity index (χ2v) is 7.37. The number of sulfone groups is 1. The van der Waals surface area contributed by atoms with Crippen molar-refractivity contribution in [3.63, 3.8) is 0 Å². The lowest BCUT2D eigenvalue weighted by Gasteiger charge is -2.15. The van der Waals surface area contributed by atoms with Crippen molar-refractivity contribution in [2.45, 2.75) is 23.8 Å². The van der Waals surface area contributed by atoms with Gasteiger partial charge in [0, 0.05) is 29.3 Å². The zero-order valence-corrected chi connectivity index (χ0v) is 13.2. The molecule has 0 bridgehead atoms. The molecule has 3 rings (SSSR count). The number of hydrogen-bond donors (Lipinski definition) is 2. The molecular formula is C16H14F2O5S. The summed E-state index contributed by atoms with van der Waals surface area (Å²) in [4.78, 5) is -0.264. The molecule has 1 aliphatic rings. The molecule has 2 aromatic rings. The highest BCUT2D eigenvalue weighted by atomic mass is 32.2. The molecule has 0 aromatic heterocycles. The predicted octanol–water partition coefficient (Wildman–Crippen LogP) is 3.00. The quantitative estimate of drug-likeness (QED) is 0.880. The van der Waals surface area contributed by atoms with E-state index in [1.54, 1.807) is 0 Å². The topological polar surface area (TPSA) is 83.8 Å². The second kappa shape index (κ2) is 6.03. The zero-order valence-electron chi connectivity index (χ0n) is 12.4. The van der Waals surface area contributed by atoms with Crippen LogP contribution in [0, 0.1) is 5.82 Å². The summed E-state index contributed by atoms with van der Waals surface area (Å²) in [5.74, 6) is -0.766. The third-order valence-electron chi connectivity index (χ3n) is 3.84. The average molecular weight is 356 g/mol. The molecule has 5 nitrogen and oxygen atoms in total. The standard InChI is InChI=1S/C16H14F2O5S/c17-8-24(21,22)15-4-3-14(12-1-2-13(20)16(12)15)23-11-6-9(18)5-10(19)7-11/h3-7,13,19-20H,1-2,8H2. The second-order valence-electron chi connectivity index (χ2n) is 5.48. The van der Waals surface area contributed by atoms with Crippen LogP contribution in [0.4, 0.5) is 8.78 Å². The van der Waals surface area contributed by atoms with Gasteiger partial charge in [0.2, 0.25) is 9.84 Å². The lowest BCUT2D eigenvalue weighted by molar-refractivity contribution is 0.177. The van der Waals surface area contributed by atoms with E-state index < -0.39 is 27.8 Å². The number of aliphatic hydroxyl groups is 1. The highest BCUT2D eigenvalue weighted by Gasteiger charge is 2.32. The summed E-state index contributed by atoms with van der Waals surface area (Å²) in [6.45, 7) is 0. The van der Waals surface area contributed by atoms with E-state index in [2.05, 4.69) is 0 Å². The molecule has 1 atom stereocenters. The summed E-state index contributed by atoms with van der Waals surface area (Å²) in [5, 5.41) is 19.5. The Morgan fingerprint density at radius 2 is 2.00 bits per heavy atom. The minimum Gasteiger partial charge on any atom is -0.508 e. The van der Waals surface area contributed by atoms with Crippen LogP contribution in [-0.2, 0) is 16.3 Å². The van der Waals surface area contributed by atoms with E-state index in [1.165, 1.54) is 12.1 Å². The van der Waals surface area contributed by atoms with Gasteiger partial charge in [-0.25, -0.2) is 17.2 Å². The number of hydrogen-bond acceptors (Lipinski definition) is 5. The molecule has 1 unspecified atom stereocenters. The fraction of sp³-hybridized carbons (Fsp3) is 0.250. The highest BCUT2D eigenvalue weighted by molar-refractivity contribution is 7.91. The first-order chi connectivity index (χ1) is 11.3. The predicted molar refractivity (Wildman–Crippen MR) is 81.0 cm³/mol. The number of halogens is 2. The number of aromatic hydroxyl groups is 1. The van der Waals surface area contributed by atoms with E-state index in [9.17, 15) is 27.4 Å². The van der Waals surface area contributed by atoms with Crippen molar-refractivity contribution in [1.29, 1.82) is 0 Å². The molecule has 8 heteroatoms. The van der Waals surface area contributed by atoms with Crippen molar-refractivity contribution in [3.05, 3.63) is 47.3 Å². The van der Waals surface area contributed by atoms with Crippen LogP contribution >= 0.6 is 0 Å². The van der Waals surface area contributed by atoms with Crippen molar-refractivity contribution in [2.75, 3.05) is 6.01 Å². The van der Waals surface area contributed by atoms with Crippen molar-refractivity contribution >= 4 is 9.84 Å². The molecule has 0 spiro atoms. The summed E-state index contributed by atoms with van der Waals surface area (Å²) in [6.07, 6.45) is -0.428. The molecule has 0 heterocycles. The third kappa shape index (κ3) is 2.94. The van der Waals surface area contributed by atoms with Gasteiger partial charge >= 0.3 is 0 Å². The van der Waals surface area contributed by atoms with E-state index in [0.29, 0.717) is 12.0 Å². The van der Waals surface area contributed by atoms with E-state index in [0.717, 1.165) is 18.2 Å². The summed E-state index contributed by atoms with van der Waals surface area (Å²) in [5.41, 5.74) is 0.548. The molecule has 24 heavy (non-hydrogen) atoms. The largest absolute Gasteiger partial charge is 0.508 e. The fourth-order valence-electron chi connectivity index (χ4n) is 2.83. The number of phenols is 1. The maximum atomic E-state index is 13.3. The van der Waals surface area contributed by atoms with Crippen LogP contribution in [0.3, 0.4) is 0 Å². The van der Waals surface area contributed by atoms with Crippen LogP contribution < -0.4 is 4.74 Å². The van der Waals surface area contributed by atoms with E-state index in [1.807, 2.05) is 0 Å². The monoisotopic (exact) mass is 356 g/mol. The van der Waals surface area contributed by atoms with Crippen molar-refractivity contribution in [1.82, 2.24) is 0 Å². The number of benzene rings is 2. The Labute approximate surface area is 137 Å². The van der Waals surface area contributed by atoms with E-state index >= 15 is 0 Å². The Bertz CT molecular complexity index is 875. The number of phenolic OH excluding ortho intramolecular Hbond substituents is 1. The van der Waals surface area contributed by atoms with Crippen LogP contribution in [0.1, 0.15) is 23.7 Å². The molecule has 0 radical (unpaired) electrons. The van der Waals surface area contributed by atoms with Crippen molar-refractivity contribution in [3.8, 4) is 17.2 Å². The Morgan fingerprint density at radius 3 is 2.67 bits per heavy atom. The molecule has 0 aliphatic heterocycles. The van der Waals surface area contributed by atoms with Crippen LogP contribution in [0.25, 0.3) is 0 Å². The number of rotatable bonds is 4. The summed E-state index contributed by atoms with van der Waals surface area (Å²) < 4.78 is 55.4. The molecule has 128 valence electrons. The summed E-state index contributed by atoms with van der Waals surface area (Å²) >= 11 is 0. The first kappa shape index (κ1) is 16.7. The zero-order chi connectivity index (χ0) is 17.5. The van der Waals surface area contributed by atoms with E-state index in [-0.39, 0.29) is 34.1 Å². The first-order valence-electron chi connectivity index (χ1n) is 7.12. The number of fused-ring (bicyclic) bond motifs is 1.